The van der Waals surface area contributed by atoms with Crippen molar-refractivity contribution in [2.75, 3.05) is 0 Å². The van der Waals surface area contributed by atoms with Crippen LogP contribution in [0.25, 0.3) is 0 Å². The fourth-order valence-electron chi connectivity index (χ4n) is 3.25. The summed E-state index contributed by atoms with van der Waals surface area (Å²) >= 11 is 0. The maximum Gasteiger partial charge on any atom is 0.0840 e. The Hall–Kier alpha value is -0.0800. The second kappa shape index (κ2) is 10.6. The molecule has 0 radical (unpaired) electrons. The molecule has 1 aliphatic rings. The molecule has 0 aromatic heterocycles. The Labute approximate surface area is 126 Å². The average molecular weight is 284 g/mol. The second-order valence-electron chi connectivity index (χ2n) is 6.27. The van der Waals surface area contributed by atoms with Crippen molar-refractivity contribution in [1.29, 1.82) is 0 Å². The Morgan fingerprint density at radius 2 is 1.15 bits per heavy atom. The van der Waals surface area contributed by atoms with Gasteiger partial charge in [-0.15, -0.1) is 0 Å². The molecule has 1 rings (SSSR count). The molecular formula is C18H36O2. The van der Waals surface area contributed by atoms with Gasteiger partial charge in [0.25, 0.3) is 0 Å². The van der Waals surface area contributed by atoms with Crippen LogP contribution in [0.2, 0.25) is 0 Å². The van der Waals surface area contributed by atoms with Gasteiger partial charge >= 0.3 is 0 Å². The van der Waals surface area contributed by atoms with Crippen molar-refractivity contribution < 1.29 is 9.47 Å². The van der Waals surface area contributed by atoms with E-state index in [4.69, 9.17) is 9.47 Å². The first-order chi connectivity index (χ1) is 9.74. The van der Waals surface area contributed by atoms with E-state index in [1.165, 1.54) is 51.4 Å². The third-order valence-electron chi connectivity index (χ3n) is 4.51. The highest BCUT2D eigenvalue weighted by Gasteiger charge is 2.30. The molecule has 2 nitrogen and oxygen atoms in total. The Morgan fingerprint density at radius 3 is 1.45 bits per heavy atom. The van der Waals surface area contributed by atoms with Gasteiger partial charge in [0.2, 0.25) is 0 Å². The molecule has 1 fully saturated rings. The highest BCUT2D eigenvalue weighted by atomic mass is 16.6. The van der Waals surface area contributed by atoms with Crippen LogP contribution in [-0.2, 0) is 9.47 Å². The van der Waals surface area contributed by atoms with E-state index in [2.05, 4.69) is 27.7 Å². The second-order valence-corrected chi connectivity index (χ2v) is 6.27. The Kier molecular flexibility index (Phi) is 9.54. The van der Waals surface area contributed by atoms with Crippen LogP contribution in [0.5, 0.6) is 0 Å². The lowest BCUT2D eigenvalue weighted by molar-refractivity contribution is -0.142. The number of rotatable bonds is 10. The Balaban J connectivity index is 2.51. The number of hydrogen-bond acceptors (Lipinski definition) is 2. The number of hydrogen-bond donors (Lipinski definition) is 0. The summed E-state index contributed by atoms with van der Waals surface area (Å²) in [6, 6.07) is 0. The zero-order valence-corrected chi connectivity index (χ0v) is 14.2. The summed E-state index contributed by atoms with van der Waals surface area (Å²) in [5.41, 5.74) is 0. The van der Waals surface area contributed by atoms with Gasteiger partial charge in [-0.1, -0.05) is 53.4 Å². The molecule has 20 heavy (non-hydrogen) atoms. The minimum Gasteiger partial charge on any atom is -0.372 e. The standard InChI is InChI=1S/C18H36O2/c1-5-11-15(7-3)19-17-13-9-10-14-18(17)20-16(8-4)12-6-2/h15-18H,5-14H2,1-4H3. The molecule has 0 bridgehead atoms. The van der Waals surface area contributed by atoms with Gasteiger partial charge in [-0.2, -0.15) is 0 Å². The van der Waals surface area contributed by atoms with Crippen molar-refractivity contribution in [2.24, 2.45) is 0 Å². The molecule has 0 amide bonds. The SMILES string of the molecule is CCCC(CC)OC1CCCCC1OC(CC)CCC. The molecule has 0 heterocycles. The molecule has 0 aromatic rings. The van der Waals surface area contributed by atoms with Crippen molar-refractivity contribution in [3.05, 3.63) is 0 Å². The van der Waals surface area contributed by atoms with Gasteiger partial charge in [0.05, 0.1) is 24.4 Å². The van der Waals surface area contributed by atoms with Gasteiger partial charge in [0, 0.05) is 0 Å². The van der Waals surface area contributed by atoms with Crippen LogP contribution in [0, 0.1) is 0 Å². The smallest absolute Gasteiger partial charge is 0.0840 e. The summed E-state index contributed by atoms with van der Waals surface area (Å²) in [6.45, 7) is 8.97. The monoisotopic (exact) mass is 284 g/mol. The first-order valence-electron chi connectivity index (χ1n) is 9.05. The maximum absolute atomic E-state index is 6.39. The molecule has 0 aromatic carbocycles. The summed E-state index contributed by atoms with van der Waals surface area (Å²) in [7, 11) is 0. The summed E-state index contributed by atoms with van der Waals surface area (Å²) in [5.74, 6) is 0. The predicted molar refractivity (Wildman–Crippen MR) is 86.2 cm³/mol. The molecule has 0 spiro atoms. The van der Waals surface area contributed by atoms with E-state index < -0.39 is 0 Å². The fraction of sp³-hybridized carbons (Fsp3) is 1.00. The van der Waals surface area contributed by atoms with E-state index in [0.717, 1.165) is 12.8 Å². The molecule has 1 saturated carbocycles. The van der Waals surface area contributed by atoms with Gasteiger partial charge in [-0.25, -0.2) is 0 Å². The number of ether oxygens (including phenoxy) is 2. The topological polar surface area (TPSA) is 18.5 Å². The minimum atomic E-state index is 0.339. The van der Waals surface area contributed by atoms with Crippen LogP contribution in [0.15, 0.2) is 0 Å². The highest BCUT2D eigenvalue weighted by molar-refractivity contribution is 4.79. The van der Waals surface area contributed by atoms with Crippen LogP contribution < -0.4 is 0 Å². The fourth-order valence-corrected chi connectivity index (χ4v) is 3.25. The van der Waals surface area contributed by atoms with Crippen LogP contribution in [-0.4, -0.2) is 24.4 Å². The zero-order valence-electron chi connectivity index (χ0n) is 14.2. The lowest BCUT2D eigenvalue weighted by atomic mass is 9.93. The maximum atomic E-state index is 6.39. The van der Waals surface area contributed by atoms with E-state index in [-0.39, 0.29) is 0 Å². The lowest BCUT2D eigenvalue weighted by Gasteiger charge is -2.36. The van der Waals surface area contributed by atoms with E-state index in [1.807, 2.05) is 0 Å². The van der Waals surface area contributed by atoms with Crippen molar-refractivity contribution >= 4 is 0 Å². The molecule has 0 aliphatic heterocycles. The third-order valence-corrected chi connectivity index (χ3v) is 4.51. The quantitative estimate of drug-likeness (QED) is 0.528. The van der Waals surface area contributed by atoms with E-state index in [0.29, 0.717) is 24.4 Å². The minimum absolute atomic E-state index is 0.339. The Morgan fingerprint density at radius 1 is 0.750 bits per heavy atom. The molecule has 4 unspecified atom stereocenters. The van der Waals surface area contributed by atoms with Gasteiger partial charge < -0.3 is 9.47 Å². The van der Waals surface area contributed by atoms with E-state index in [1.54, 1.807) is 0 Å². The molecule has 120 valence electrons. The zero-order chi connectivity index (χ0) is 14.8. The van der Waals surface area contributed by atoms with Crippen molar-refractivity contribution in [3.8, 4) is 0 Å². The molecular weight excluding hydrogens is 248 g/mol. The van der Waals surface area contributed by atoms with Gasteiger partial charge in [-0.05, 0) is 38.5 Å². The molecule has 0 saturated heterocycles. The van der Waals surface area contributed by atoms with Crippen molar-refractivity contribution in [1.82, 2.24) is 0 Å². The average Bonchev–Trinajstić information content (AvgIpc) is 2.48. The van der Waals surface area contributed by atoms with Gasteiger partial charge in [0.15, 0.2) is 0 Å². The van der Waals surface area contributed by atoms with Crippen LogP contribution >= 0.6 is 0 Å². The van der Waals surface area contributed by atoms with Gasteiger partial charge in [-0.3, -0.25) is 0 Å². The normalized spacial score (nSPS) is 26.4. The molecule has 2 heteroatoms. The largest absolute Gasteiger partial charge is 0.372 e. The van der Waals surface area contributed by atoms with Gasteiger partial charge in [0.1, 0.15) is 0 Å². The molecule has 0 N–H and O–H groups in total. The summed E-state index contributed by atoms with van der Waals surface area (Å²) in [5, 5.41) is 0. The van der Waals surface area contributed by atoms with Crippen molar-refractivity contribution in [3.63, 3.8) is 0 Å². The summed E-state index contributed by atoms with van der Waals surface area (Å²) < 4.78 is 12.8. The first-order valence-corrected chi connectivity index (χ1v) is 9.05. The summed E-state index contributed by atoms with van der Waals surface area (Å²) in [6.07, 6.45) is 13.6. The lowest BCUT2D eigenvalue weighted by Crippen LogP contribution is -2.39. The van der Waals surface area contributed by atoms with E-state index in [9.17, 15) is 0 Å². The van der Waals surface area contributed by atoms with Crippen LogP contribution in [0.1, 0.15) is 91.9 Å². The van der Waals surface area contributed by atoms with E-state index >= 15 is 0 Å². The predicted octanol–water partition coefficient (Wildman–Crippen LogP) is 5.49. The highest BCUT2D eigenvalue weighted by Crippen LogP contribution is 2.28. The van der Waals surface area contributed by atoms with Crippen LogP contribution in [0.3, 0.4) is 0 Å². The summed E-state index contributed by atoms with van der Waals surface area (Å²) in [4.78, 5) is 0. The Bertz CT molecular complexity index is 205. The first kappa shape index (κ1) is 18.0. The van der Waals surface area contributed by atoms with Crippen molar-refractivity contribution in [2.45, 2.75) is 116 Å². The molecule has 1 aliphatic carbocycles. The molecule has 4 atom stereocenters. The third kappa shape index (κ3) is 6.13. The van der Waals surface area contributed by atoms with Crippen LogP contribution in [0.4, 0.5) is 0 Å².